The molecule has 0 spiro atoms. The van der Waals surface area contributed by atoms with E-state index in [4.69, 9.17) is 0 Å². The first-order valence-electron chi connectivity index (χ1n) is 9.74. The molecule has 1 aliphatic rings. The number of aryl methyl sites for hydroxylation is 1. The molecule has 0 unspecified atom stereocenters. The molecule has 3 aromatic rings. The van der Waals surface area contributed by atoms with E-state index in [1.807, 2.05) is 35.9 Å². The molecule has 6 heteroatoms. The summed E-state index contributed by atoms with van der Waals surface area (Å²) in [6.45, 7) is 5.00. The van der Waals surface area contributed by atoms with E-state index in [0.29, 0.717) is 5.56 Å². The van der Waals surface area contributed by atoms with E-state index in [2.05, 4.69) is 32.7 Å². The summed E-state index contributed by atoms with van der Waals surface area (Å²) in [4.78, 5) is 15.0. The van der Waals surface area contributed by atoms with Crippen LogP contribution in [-0.2, 0) is 6.54 Å². The van der Waals surface area contributed by atoms with Crippen molar-refractivity contribution in [2.24, 2.45) is 0 Å². The molecular weight excluding hydrogens is 338 g/mol. The highest BCUT2D eigenvalue weighted by molar-refractivity contribution is 6.05. The Hall–Kier alpha value is -2.89. The topological polar surface area (TPSA) is 63.1 Å². The van der Waals surface area contributed by atoms with E-state index >= 15 is 0 Å². The fraction of sp³-hybridized carbons (Fsp3) is 0.381. The molecule has 0 saturated carbocycles. The summed E-state index contributed by atoms with van der Waals surface area (Å²) in [5.74, 6) is -0.134. The molecule has 0 radical (unpaired) electrons. The first-order chi connectivity index (χ1) is 13.2. The molecule has 1 aromatic heterocycles. The van der Waals surface area contributed by atoms with E-state index in [-0.39, 0.29) is 5.91 Å². The summed E-state index contributed by atoms with van der Waals surface area (Å²) in [5, 5.41) is 11.2. The molecule has 1 fully saturated rings. The van der Waals surface area contributed by atoms with Gasteiger partial charge in [-0.2, -0.15) is 0 Å². The van der Waals surface area contributed by atoms with Crippen LogP contribution in [0, 0.1) is 0 Å². The summed E-state index contributed by atoms with van der Waals surface area (Å²) < 4.78 is 1.82. The lowest BCUT2D eigenvalue weighted by molar-refractivity contribution is 0.102. The number of carbonyl (C=O) groups is 1. The van der Waals surface area contributed by atoms with Crippen LogP contribution in [0.15, 0.2) is 42.5 Å². The second kappa shape index (κ2) is 7.78. The molecule has 0 bridgehead atoms. The van der Waals surface area contributed by atoms with Crippen LogP contribution in [0.25, 0.3) is 11.0 Å². The maximum Gasteiger partial charge on any atom is 0.255 e. The van der Waals surface area contributed by atoms with Crippen molar-refractivity contribution in [2.45, 2.75) is 39.2 Å². The number of nitrogens with zero attached hydrogens (tertiary/aromatic N) is 4. The van der Waals surface area contributed by atoms with E-state index in [1.54, 1.807) is 6.07 Å². The van der Waals surface area contributed by atoms with Crippen LogP contribution in [-0.4, -0.2) is 34.0 Å². The number of hydrogen-bond donors (Lipinski definition) is 1. The Morgan fingerprint density at radius 2 is 1.78 bits per heavy atom. The number of anilines is 2. The minimum atomic E-state index is -0.134. The average molecular weight is 363 g/mol. The molecular formula is C21H25N5O. The largest absolute Gasteiger partial charge is 0.372 e. The van der Waals surface area contributed by atoms with Crippen molar-refractivity contribution in [3.63, 3.8) is 0 Å². The molecule has 0 aliphatic carbocycles. The van der Waals surface area contributed by atoms with Crippen molar-refractivity contribution in [1.29, 1.82) is 0 Å². The predicted octanol–water partition coefficient (Wildman–Crippen LogP) is 4.08. The number of hydrogen-bond acceptors (Lipinski definition) is 4. The van der Waals surface area contributed by atoms with Crippen molar-refractivity contribution in [1.82, 2.24) is 15.0 Å². The number of rotatable bonds is 4. The van der Waals surface area contributed by atoms with Crippen molar-refractivity contribution in [2.75, 3.05) is 23.3 Å². The van der Waals surface area contributed by atoms with Gasteiger partial charge in [-0.15, -0.1) is 5.10 Å². The molecule has 0 atom stereocenters. The zero-order valence-corrected chi connectivity index (χ0v) is 15.7. The molecule has 140 valence electrons. The van der Waals surface area contributed by atoms with Gasteiger partial charge in [0.05, 0.1) is 5.52 Å². The lowest BCUT2D eigenvalue weighted by Crippen LogP contribution is -2.23. The number of nitrogens with one attached hydrogen (secondary N) is 1. The predicted molar refractivity (Wildman–Crippen MR) is 108 cm³/mol. The van der Waals surface area contributed by atoms with Gasteiger partial charge in [-0.3, -0.25) is 4.79 Å². The minimum absolute atomic E-state index is 0.134. The summed E-state index contributed by atoms with van der Waals surface area (Å²) in [7, 11) is 0. The standard InChI is InChI=1S/C21H25N5O/c1-2-26-20-12-7-16(15-19(20)23-24-26)21(27)22-17-8-10-18(11-9-17)25-13-5-3-4-6-14-25/h7-12,15H,2-6,13-14H2,1H3,(H,22,27). The maximum absolute atomic E-state index is 12.6. The van der Waals surface area contributed by atoms with Crippen LogP contribution in [0.3, 0.4) is 0 Å². The molecule has 1 aliphatic heterocycles. The third kappa shape index (κ3) is 3.79. The van der Waals surface area contributed by atoms with Gasteiger partial charge in [-0.1, -0.05) is 18.1 Å². The summed E-state index contributed by atoms with van der Waals surface area (Å²) in [6.07, 6.45) is 5.15. The Morgan fingerprint density at radius 3 is 2.48 bits per heavy atom. The first kappa shape index (κ1) is 17.5. The van der Waals surface area contributed by atoms with Gasteiger partial charge in [0, 0.05) is 36.6 Å². The summed E-state index contributed by atoms with van der Waals surface area (Å²) in [6, 6.07) is 13.6. The van der Waals surface area contributed by atoms with Gasteiger partial charge in [0.1, 0.15) is 5.52 Å². The molecule has 4 rings (SSSR count). The Labute approximate surface area is 159 Å². The van der Waals surface area contributed by atoms with Crippen molar-refractivity contribution in [3.8, 4) is 0 Å². The fourth-order valence-corrected chi connectivity index (χ4v) is 3.63. The molecule has 1 saturated heterocycles. The lowest BCUT2D eigenvalue weighted by Gasteiger charge is -2.22. The monoisotopic (exact) mass is 363 g/mol. The summed E-state index contributed by atoms with van der Waals surface area (Å²) in [5.41, 5.74) is 4.29. The van der Waals surface area contributed by atoms with Gasteiger partial charge < -0.3 is 10.2 Å². The minimum Gasteiger partial charge on any atom is -0.372 e. The highest BCUT2D eigenvalue weighted by Gasteiger charge is 2.12. The molecule has 1 N–H and O–H groups in total. The SMILES string of the molecule is CCn1nnc2cc(C(=O)Nc3ccc(N4CCCCCC4)cc3)ccc21. The van der Waals surface area contributed by atoms with Crippen LogP contribution in [0.4, 0.5) is 11.4 Å². The van der Waals surface area contributed by atoms with Crippen LogP contribution in [0.5, 0.6) is 0 Å². The third-order valence-electron chi connectivity index (χ3n) is 5.17. The van der Waals surface area contributed by atoms with Gasteiger partial charge in [-0.25, -0.2) is 4.68 Å². The van der Waals surface area contributed by atoms with E-state index in [1.165, 1.54) is 31.4 Å². The maximum atomic E-state index is 12.6. The molecule has 1 amide bonds. The third-order valence-corrected chi connectivity index (χ3v) is 5.17. The van der Waals surface area contributed by atoms with Crippen LogP contribution in [0.2, 0.25) is 0 Å². The molecule has 27 heavy (non-hydrogen) atoms. The number of benzene rings is 2. The van der Waals surface area contributed by atoms with Gasteiger partial charge in [-0.05, 0) is 62.2 Å². The van der Waals surface area contributed by atoms with Crippen LogP contribution in [0.1, 0.15) is 43.0 Å². The zero-order chi connectivity index (χ0) is 18.6. The van der Waals surface area contributed by atoms with E-state index < -0.39 is 0 Å². The normalized spacial score (nSPS) is 14.9. The Bertz CT molecular complexity index is 923. The number of amides is 1. The quantitative estimate of drug-likeness (QED) is 0.758. The van der Waals surface area contributed by atoms with Gasteiger partial charge in [0.2, 0.25) is 0 Å². The van der Waals surface area contributed by atoms with Gasteiger partial charge in [0.25, 0.3) is 5.91 Å². The van der Waals surface area contributed by atoms with Crippen molar-refractivity contribution in [3.05, 3.63) is 48.0 Å². The molecule has 2 heterocycles. The molecule has 2 aromatic carbocycles. The van der Waals surface area contributed by atoms with Crippen LogP contribution < -0.4 is 10.2 Å². The highest BCUT2D eigenvalue weighted by atomic mass is 16.1. The summed E-state index contributed by atoms with van der Waals surface area (Å²) >= 11 is 0. The Kier molecular flexibility index (Phi) is 5.05. The number of carbonyl (C=O) groups excluding carboxylic acids is 1. The van der Waals surface area contributed by atoms with Crippen molar-refractivity contribution < 1.29 is 4.79 Å². The lowest BCUT2D eigenvalue weighted by atomic mass is 10.1. The fourth-order valence-electron chi connectivity index (χ4n) is 3.63. The number of fused-ring (bicyclic) bond motifs is 1. The molecule has 6 nitrogen and oxygen atoms in total. The highest BCUT2D eigenvalue weighted by Crippen LogP contribution is 2.22. The Balaban J connectivity index is 1.46. The second-order valence-electron chi connectivity index (χ2n) is 7.01. The van der Waals surface area contributed by atoms with Crippen molar-refractivity contribution >= 4 is 28.3 Å². The average Bonchev–Trinajstić information content (AvgIpc) is 2.92. The first-order valence-corrected chi connectivity index (χ1v) is 9.74. The van der Waals surface area contributed by atoms with Crippen LogP contribution >= 0.6 is 0 Å². The van der Waals surface area contributed by atoms with E-state index in [9.17, 15) is 4.79 Å². The second-order valence-corrected chi connectivity index (χ2v) is 7.01. The van der Waals surface area contributed by atoms with Gasteiger partial charge in [0.15, 0.2) is 0 Å². The zero-order valence-electron chi connectivity index (χ0n) is 15.7. The van der Waals surface area contributed by atoms with E-state index in [0.717, 1.165) is 36.4 Å². The number of aromatic nitrogens is 3. The van der Waals surface area contributed by atoms with Gasteiger partial charge >= 0.3 is 0 Å². The smallest absolute Gasteiger partial charge is 0.255 e. The Morgan fingerprint density at radius 1 is 1.04 bits per heavy atom.